The lowest BCUT2D eigenvalue weighted by Gasteiger charge is -2.13. The van der Waals surface area contributed by atoms with Crippen molar-refractivity contribution in [2.24, 2.45) is 0 Å². The highest BCUT2D eigenvalue weighted by molar-refractivity contribution is 7.89. The molecule has 1 atom stereocenters. The second-order valence-electron chi connectivity index (χ2n) is 7.07. The summed E-state index contributed by atoms with van der Waals surface area (Å²) < 4.78 is 46.9. The Bertz CT molecular complexity index is 1060. The number of hydrogen-bond acceptors (Lipinski definition) is 7. The predicted molar refractivity (Wildman–Crippen MR) is 108 cm³/mol. The van der Waals surface area contributed by atoms with E-state index in [0.717, 1.165) is 17.4 Å². The molecule has 0 saturated heterocycles. The first-order valence-corrected chi connectivity index (χ1v) is 12.1. The first-order chi connectivity index (χ1) is 13.4. The summed E-state index contributed by atoms with van der Waals surface area (Å²) in [5, 5.41) is 13.6. The molecule has 0 aliphatic heterocycles. The summed E-state index contributed by atoms with van der Waals surface area (Å²) >= 11 is 0. The minimum atomic E-state index is -3.44. The van der Waals surface area contributed by atoms with Gasteiger partial charge in [0.1, 0.15) is 29.6 Å². The Labute approximate surface area is 170 Å². The van der Waals surface area contributed by atoms with E-state index in [1.54, 1.807) is 26.0 Å². The number of aryl methyl sites for hydroxylation is 2. The molecule has 0 spiro atoms. The van der Waals surface area contributed by atoms with Gasteiger partial charge in [-0.1, -0.05) is 13.8 Å². The molecule has 29 heavy (non-hydrogen) atoms. The summed E-state index contributed by atoms with van der Waals surface area (Å²) in [5.41, 5.74) is 2.75. The van der Waals surface area contributed by atoms with Crippen LogP contribution in [0.1, 0.15) is 47.8 Å². The van der Waals surface area contributed by atoms with Gasteiger partial charge in [0, 0.05) is 12.2 Å². The van der Waals surface area contributed by atoms with Gasteiger partial charge in [0.25, 0.3) is 0 Å². The number of rotatable bonds is 8. The average Bonchev–Trinajstić information content (AvgIpc) is 2.88. The summed E-state index contributed by atoms with van der Waals surface area (Å²) in [4.78, 5) is 9.07. The van der Waals surface area contributed by atoms with Crippen LogP contribution in [0.25, 0.3) is 0 Å². The first-order valence-electron chi connectivity index (χ1n) is 8.75. The highest BCUT2D eigenvalue weighted by Crippen LogP contribution is 2.36. The van der Waals surface area contributed by atoms with Crippen molar-refractivity contribution in [2.45, 2.75) is 46.1 Å². The SMILES string of the molecule is Cc1cc(Oc2c(C(C)C)nn(CS(C)(=O)=O)c2CO[PH](=O)O)cc(C)c1C#N. The van der Waals surface area contributed by atoms with E-state index < -0.39 is 24.0 Å². The van der Waals surface area contributed by atoms with E-state index in [1.165, 1.54) is 4.68 Å². The van der Waals surface area contributed by atoms with Gasteiger partial charge in [0.2, 0.25) is 0 Å². The standard InChI is InChI=1S/C18H24N3O6PS/c1-11(2)17-18(27-14-6-12(3)15(8-19)13(4)7-14)16(9-26-28(22)23)21(20-17)10-29(5,24)25/h6-7,11,28H,9-10H2,1-5H3,(H,22,23). The highest BCUT2D eigenvalue weighted by Gasteiger charge is 2.25. The molecule has 0 amide bonds. The molecule has 0 fully saturated rings. The molecule has 0 bridgehead atoms. The summed E-state index contributed by atoms with van der Waals surface area (Å²) in [6, 6.07) is 5.54. The lowest BCUT2D eigenvalue weighted by Crippen LogP contribution is -2.13. The smallest absolute Gasteiger partial charge is 0.316 e. The molecule has 1 N–H and O–H groups in total. The summed E-state index contributed by atoms with van der Waals surface area (Å²) in [6.45, 7) is 6.98. The Morgan fingerprint density at radius 2 is 1.90 bits per heavy atom. The number of benzene rings is 1. The fraction of sp³-hybridized carbons (Fsp3) is 0.444. The molecule has 0 aliphatic rings. The molecule has 0 aliphatic carbocycles. The molecule has 0 saturated carbocycles. The van der Waals surface area contributed by atoms with Crippen molar-refractivity contribution in [1.82, 2.24) is 9.78 Å². The van der Waals surface area contributed by atoms with E-state index >= 15 is 0 Å². The Kier molecular flexibility index (Phi) is 7.25. The van der Waals surface area contributed by atoms with Gasteiger partial charge in [-0.2, -0.15) is 10.4 Å². The van der Waals surface area contributed by atoms with Crippen molar-refractivity contribution in [3.8, 4) is 17.6 Å². The Morgan fingerprint density at radius 3 is 2.34 bits per heavy atom. The van der Waals surface area contributed by atoms with Crippen LogP contribution >= 0.6 is 8.25 Å². The van der Waals surface area contributed by atoms with E-state index in [1.807, 2.05) is 13.8 Å². The maximum absolute atomic E-state index is 11.8. The normalized spacial score (nSPS) is 12.8. The molecule has 1 unspecified atom stereocenters. The number of nitriles is 1. The minimum absolute atomic E-state index is 0.115. The number of nitrogens with zero attached hydrogens (tertiary/aromatic N) is 3. The number of aromatic nitrogens is 2. The molecule has 2 aromatic rings. The van der Waals surface area contributed by atoms with E-state index in [2.05, 4.69) is 11.2 Å². The molecule has 2 rings (SSSR count). The largest absolute Gasteiger partial charge is 0.453 e. The van der Waals surface area contributed by atoms with Crippen molar-refractivity contribution in [2.75, 3.05) is 6.26 Å². The number of hydrogen-bond donors (Lipinski definition) is 1. The van der Waals surface area contributed by atoms with Gasteiger partial charge in [0.15, 0.2) is 15.6 Å². The highest BCUT2D eigenvalue weighted by atomic mass is 32.2. The Balaban J connectivity index is 2.61. The second-order valence-corrected chi connectivity index (χ2v) is 10.0. The van der Waals surface area contributed by atoms with Crippen LogP contribution in [0, 0.1) is 25.2 Å². The van der Waals surface area contributed by atoms with Gasteiger partial charge in [-0.15, -0.1) is 0 Å². The van der Waals surface area contributed by atoms with Gasteiger partial charge in [-0.05, 0) is 37.1 Å². The third kappa shape index (κ3) is 5.90. The van der Waals surface area contributed by atoms with Crippen LogP contribution in [0.15, 0.2) is 12.1 Å². The molecule has 1 aromatic heterocycles. The lowest BCUT2D eigenvalue weighted by molar-refractivity contribution is 0.260. The fourth-order valence-electron chi connectivity index (χ4n) is 2.87. The maximum atomic E-state index is 11.8. The number of sulfone groups is 1. The summed E-state index contributed by atoms with van der Waals surface area (Å²) in [5.74, 6) is 0.177. The Morgan fingerprint density at radius 1 is 1.31 bits per heavy atom. The summed E-state index contributed by atoms with van der Waals surface area (Å²) in [6.07, 6.45) is 1.07. The van der Waals surface area contributed by atoms with E-state index in [-0.39, 0.29) is 24.0 Å². The van der Waals surface area contributed by atoms with Crippen LogP contribution in [-0.2, 0) is 31.4 Å². The lowest BCUT2D eigenvalue weighted by atomic mass is 10.0. The zero-order valence-corrected chi connectivity index (χ0v) is 18.7. The second kappa shape index (κ2) is 9.09. The quantitative estimate of drug-likeness (QED) is 0.618. The predicted octanol–water partition coefficient (Wildman–Crippen LogP) is 3.19. The Hall–Kier alpha value is -2.18. The van der Waals surface area contributed by atoms with Crippen LogP contribution in [0.2, 0.25) is 0 Å². The molecular formula is C18H24N3O6PS. The molecule has 1 aromatic carbocycles. The van der Waals surface area contributed by atoms with Crippen molar-refractivity contribution in [3.63, 3.8) is 0 Å². The van der Waals surface area contributed by atoms with E-state index in [0.29, 0.717) is 17.0 Å². The van der Waals surface area contributed by atoms with E-state index in [4.69, 9.17) is 14.2 Å². The molecule has 0 radical (unpaired) electrons. The van der Waals surface area contributed by atoms with Crippen LogP contribution in [0.3, 0.4) is 0 Å². The third-order valence-corrected chi connectivity index (χ3v) is 5.21. The van der Waals surface area contributed by atoms with Crippen LogP contribution < -0.4 is 4.74 Å². The zero-order valence-electron chi connectivity index (χ0n) is 16.9. The van der Waals surface area contributed by atoms with Gasteiger partial charge >= 0.3 is 8.25 Å². The molecule has 11 heteroatoms. The van der Waals surface area contributed by atoms with Gasteiger partial charge in [-0.25, -0.2) is 13.1 Å². The molecule has 9 nitrogen and oxygen atoms in total. The fourth-order valence-corrected chi connectivity index (χ4v) is 3.78. The topological polar surface area (TPSA) is 132 Å². The van der Waals surface area contributed by atoms with Gasteiger partial charge in [0.05, 0.1) is 11.6 Å². The molecule has 158 valence electrons. The third-order valence-electron chi connectivity index (χ3n) is 4.11. The van der Waals surface area contributed by atoms with Gasteiger partial charge < -0.3 is 14.2 Å². The van der Waals surface area contributed by atoms with Crippen LogP contribution in [-0.4, -0.2) is 29.3 Å². The first kappa shape index (κ1) is 23.1. The average molecular weight is 441 g/mol. The number of ether oxygens (including phenoxy) is 1. The van der Waals surface area contributed by atoms with Crippen LogP contribution in [0.5, 0.6) is 11.5 Å². The van der Waals surface area contributed by atoms with E-state index in [9.17, 15) is 18.2 Å². The van der Waals surface area contributed by atoms with Crippen LogP contribution in [0.4, 0.5) is 0 Å². The van der Waals surface area contributed by atoms with Crippen molar-refractivity contribution in [3.05, 3.63) is 40.2 Å². The van der Waals surface area contributed by atoms with Crippen molar-refractivity contribution in [1.29, 1.82) is 5.26 Å². The van der Waals surface area contributed by atoms with Gasteiger partial charge in [-0.3, -0.25) is 4.57 Å². The maximum Gasteiger partial charge on any atom is 0.316 e. The monoisotopic (exact) mass is 441 g/mol. The van der Waals surface area contributed by atoms with Crippen molar-refractivity contribution < 1.29 is 27.1 Å². The van der Waals surface area contributed by atoms with Crippen molar-refractivity contribution >= 4 is 18.1 Å². The summed E-state index contributed by atoms with van der Waals surface area (Å²) in [7, 11) is -6.69. The molecular weight excluding hydrogens is 417 g/mol. The minimum Gasteiger partial charge on any atom is -0.453 e. The molecule has 1 heterocycles. The zero-order chi connectivity index (χ0) is 21.9.